The summed E-state index contributed by atoms with van der Waals surface area (Å²) in [4.78, 5) is 27.9. The van der Waals surface area contributed by atoms with Gasteiger partial charge in [0, 0.05) is 0 Å². The lowest BCUT2D eigenvalue weighted by molar-refractivity contribution is -0.151. The summed E-state index contributed by atoms with van der Waals surface area (Å²) in [5.74, 6) is -0.746. The van der Waals surface area contributed by atoms with E-state index in [0.29, 0.717) is 27.8 Å². The Bertz CT molecular complexity index is 923. The maximum atomic E-state index is 13.2. The predicted octanol–water partition coefficient (Wildman–Crippen LogP) is 5.14. The van der Waals surface area contributed by atoms with Crippen molar-refractivity contribution in [1.29, 1.82) is 0 Å². The van der Waals surface area contributed by atoms with Gasteiger partial charge in [0.2, 0.25) is 0 Å². The van der Waals surface area contributed by atoms with Crippen molar-refractivity contribution in [2.75, 3.05) is 6.61 Å². The van der Waals surface area contributed by atoms with Crippen molar-refractivity contribution in [3.8, 4) is 0 Å². The first-order valence-electron chi connectivity index (χ1n) is 9.62. The Labute approximate surface area is 180 Å². The average Bonchev–Trinajstić information content (AvgIpc) is 3.01. The Morgan fingerprint density at radius 1 is 1.14 bits per heavy atom. The van der Waals surface area contributed by atoms with E-state index in [4.69, 9.17) is 17.0 Å². The molecule has 1 unspecified atom stereocenters. The first-order chi connectivity index (χ1) is 14.0. The molecule has 0 bridgehead atoms. The molecule has 1 heterocycles. The molecule has 1 saturated heterocycles. The van der Waals surface area contributed by atoms with Crippen LogP contribution in [-0.2, 0) is 20.7 Å². The Balaban J connectivity index is 1.92. The summed E-state index contributed by atoms with van der Waals surface area (Å²) in [5, 5.41) is 0. The minimum atomic E-state index is -0.886. The highest BCUT2D eigenvalue weighted by Gasteiger charge is 2.42. The summed E-state index contributed by atoms with van der Waals surface area (Å²) in [6.45, 7) is 4.33. The van der Waals surface area contributed by atoms with Crippen molar-refractivity contribution in [2.45, 2.75) is 32.7 Å². The monoisotopic (exact) mass is 425 g/mol. The topological polar surface area (TPSA) is 46.6 Å². The second-order valence-corrected chi connectivity index (χ2v) is 8.30. The quantitative estimate of drug-likeness (QED) is 0.349. The summed E-state index contributed by atoms with van der Waals surface area (Å²) >= 11 is 6.69. The number of carbonyl (C=O) groups excluding carboxylic acids is 2. The van der Waals surface area contributed by atoms with E-state index in [-0.39, 0.29) is 5.91 Å². The van der Waals surface area contributed by atoms with Crippen molar-refractivity contribution in [2.24, 2.45) is 0 Å². The number of ether oxygens (including phenoxy) is 1. The molecule has 0 radical (unpaired) electrons. The molecule has 0 N–H and O–H groups in total. The molecule has 1 aliphatic heterocycles. The van der Waals surface area contributed by atoms with Crippen LogP contribution >= 0.6 is 24.0 Å². The van der Waals surface area contributed by atoms with Crippen molar-refractivity contribution in [3.63, 3.8) is 0 Å². The third-order valence-corrected chi connectivity index (χ3v) is 5.88. The van der Waals surface area contributed by atoms with Crippen molar-refractivity contribution < 1.29 is 14.3 Å². The number of aryl methyl sites for hydroxylation is 1. The molecule has 150 valence electrons. The normalized spacial score (nSPS) is 16.3. The molecule has 1 amide bonds. The number of thiocarbonyl (C=S) groups is 1. The summed E-state index contributed by atoms with van der Waals surface area (Å²) in [6.07, 6.45) is 3.48. The van der Waals surface area contributed by atoms with Crippen molar-refractivity contribution >= 4 is 46.3 Å². The third-order valence-electron chi connectivity index (χ3n) is 4.55. The Morgan fingerprint density at radius 2 is 1.83 bits per heavy atom. The largest absolute Gasteiger partial charge is 0.464 e. The van der Waals surface area contributed by atoms with E-state index in [0.717, 1.165) is 12.0 Å². The molecule has 0 aliphatic carbocycles. The van der Waals surface area contributed by atoms with Crippen LogP contribution in [0.1, 0.15) is 43.0 Å². The van der Waals surface area contributed by atoms with Gasteiger partial charge in [-0.05, 0) is 35.6 Å². The molecule has 0 aromatic heterocycles. The number of rotatable bonds is 7. The van der Waals surface area contributed by atoms with E-state index in [2.05, 4.69) is 6.92 Å². The van der Waals surface area contributed by atoms with Gasteiger partial charge in [0.1, 0.15) is 4.32 Å². The van der Waals surface area contributed by atoms with E-state index >= 15 is 0 Å². The van der Waals surface area contributed by atoms with Crippen LogP contribution in [0.2, 0.25) is 0 Å². The fourth-order valence-corrected chi connectivity index (χ4v) is 4.32. The van der Waals surface area contributed by atoms with Crippen LogP contribution in [0, 0.1) is 0 Å². The lowest BCUT2D eigenvalue weighted by Crippen LogP contribution is -2.38. The molecule has 1 aliphatic rings. The van der Waals surface area contributed by atoms with Gasteiger partial charge in [-0.2, -0.15) is 0 Å². The Morgan fingerprint density at radius 3 is 2.45 bits per heavy atom. The van der Waals surface area contributed by atoms with Gasteiger partial charge in [0.15, 0.2) is 6.04 Å². The Hall–Kier alpha value is -2.44. The number of esters is 1. The van der Waals surface area contributed by atoms with E-state index in [1.807, 2.05) is 67.6 Å². The third kappa shape index (κ3) is 4.95. The summed E-state index contributed by atoms with van der Waals surface area (Å²) < 4.78 is 5.73. The van der Waals surface area contributed by atoms with Crippen molar-refractivity contribution in [1.82, 2.24) is 4.90 Å². The molecule has 2 aromatic carbocycles. The van der Waals surface area contributed by atoms with Crippen LogP contribution in [0.15, 0.2) is 59.5 Å². The van der Waals surface area contributed by atoms with Gasteiger partial charge in [0.25, 0.3) is 5.91 Å². The molecule has 6 heteroatoms. The van der Waals surface area contributed by atoms with Gasteiger partial charge >= 0.3 is 5.97 Å². The number of carbonyl (C=O) groups is 2. The molecule has 0 saturated carbocycles. The fraction of sp³-hybridized carbons (Fsp3) is 0.261. The highest BCUT2D eigenvalue weighted by atomic mass is 32.2. The SMILES string of the molecule is CCCOC(=O)C(c1ccccc1)N1C(=O)/C(=C\c2ccc(CC)cc2)SC1=S. The zero-order valence-electron chi connectivity index (χ0n) is 16.5. The van der Waals surface area contributed by atoms with E-state index in [1.54, 1.807) is 0 Å². The van der Waals surface area contributed by atoms with E-state index in [1.165, 1.54) is 22.2 Å². The van der Waals surface area contributed by atoms with Gasteiger partial charge in [-0.3, -0.25) is 9.69 Å². The smallest absolute Gasteiger partial charge is 0.333 e. The summed E-state index contributed by atoms with van der Waals surface area (Å²) in [6, 6.07) is 16.3. The molecule has 1 fully saturated rings. The number of hydrogen-bond donors (Lipinski definition) is 0. The minimum absolute atomic E-state index is 0.276. The van der Waals surface area contributed by atoms with Crippen LogP contribution in [0.25, 0.3) is 6.08 Å². The second-order valence-electron chi connectivity index (χ2n) is 6.63. The first-order valence-corrected chi connectivity index (χ1v) is 10.8. The van der Waals surface area contributed by atoms with Crippen LogP contribution in [0.5, 0.6) is 0 Å². The van der Waals surface area contributed by atoms with Gasteiger partial charge in [-0.1, -0.05) is 92.4 Å². The first kappa shape index (κ1) is 21.3. The maximum absolute atomic E-state index is 13.2. The van der Waals surface area contributed by atoms with Crippen LogP contribution in [-0.4, -0.2) is 27.7 Å². The Kier molecular flexibility index (Phi) is 7.23. The molecule has 0 spiro atoms. The number of hydrogen-bond acceptors (Lipinski definition) is 5. The molecule has 1 atom stereocenters. The number of thioether (sulfide) groups is 1. The summed E-state index contributed by atoms with van der Waals surface area (Å²) in [7, 11) is 0. The number of amides is 1. The molecular weight excluding hydrogens is 402 g/mol. The number of benzene rings is 2. The highest BCUT2D eigenvalue weighted by molar-refractivity contribution is 8.26. The predicted molar refractivity (Wildman–Crippen MR) is 121 cm³/mol. The molecule has 3 rings (SSSR count). The minimum Gasteiger partial charge on any atom is -0.464 e. The molecule has 2 aromatic rings. The van der Waals surface area contributed by atoms with Gasteiger partial charge < -0.3 is 4.74 Å². The average molecular weight is 426 g/mol. The molecule has 4 nitrogen and oxygen atoms in total. The van der Waals surface area contributed by atoms with Crippen molar-refractivity contribution in [3.05, 3.63) is 76.2 Å². The van der Waals surface area contributed by atoms with Gasteiger partial charge in [-0.25, -0.2) is 4.79 Å². The number of nitrogens with zero attached hydrogens (tertiary/aromatic N) is 1. The lowest BCUT2D eigenvalue weighted by atomic mass is 10.1. The van der Waals surface area contributed by atoms with E-state index in [9.17, 15) is 9.59 Å². The standard InChI is InChI=1S/C23H23NO3S2/c1-3-14-27-22(26)20(18-8-6-5-7-9-18)24-21(25)19(29-23(24)28)15-17-12-10-16(4-2)11-13-17/h5-13,15,20H,3-4,14H2,1-2H3/b19-15+. The maximum Gasteiger partial charge on any atom is 0.333 e. The molecule has 29 heavy (non-hydrogen) atoms. The van der Waals surface area contributed by atoms with E-state index < -0.39 is 12.0 Å². The van der Waals surface area contributed by atoms with Crippen LogP contribution < -0.4 is 0 Å². The van der Waals surface area contributed by atoms with Gasteiger partial charge in [0.05, 0.1) is 11.5 Å². The summed E-state index contributed by atoms with van der Waals surface area (Å²) in [5.41, 5.74) is 2.84. The zero-order valence-corrected chi connectivity index (χ0v) is 18.1. The highest BCUT2D eigenvalue weighted by Crippen LogP contribution is 2.38. The zero-order chi connectivity index (χ0) is 20.8. The molecular formula is C23H23NO3S2. The van der Waals surface area contributed by atoms with Gasteiger partial charge in [-0.15, -0.1) is 0 Å². The van der Waals surface area contributed by atoms with Crippen LogP contribution in [0.4, 0.5) is 0 Å². The lowest BCUT2D eigenvalue weighted by Gasteiger charge is -2.25. The second kappa shape index (κ2) is 9.85. The fourth-order valence-electron chi connectivity index (χ4n) is 3.01. The van der Waals surface area contributed by atoms with Crippen LogP contribution in [0.3, 0.4) is 0 Å².